The van der Waals surface area contributed by atoms with Crippen molar-refractivity contribution in [2.75, 3.05) is 7.05 Å². The van der Waals surface area contributed by atoms with Crippen molar-refractivity contribution < 1.29 is 22.8 Å². The van der Waals surface area contributed by atoms with E-state index in [1.54, 1.807) is 44.4 Å². The van der Waals surface area contributed by atoms with Crippen molar-refractivity contribution in [3.63, 3.8) is 0 Å². The fourth-order valence-electron chi connectivity index (χ4n) is 3.94. The van der Waals surface area contributed by atoms with Crippen LogP contribution in [0.15, 0.2) is 65.9 Å². The summed E-state index contributed by atoms with van der Waals surface area (Å²) in [5, 5.41) is 3.89. The first kappa shape index (κ1) is 25.0. The van der Waals surface area contributed by atoms with Gasteiger partial charge in [0.1, 0.15) is 0 Å². The molecule has 0 N–H and O–H groups in total. The van der Waals surface area contributed by atoms with Crippen LogP contribution in [0, 0.1) is 6.92 Å². The van der Waals surface area contributed by atoms with Crippen LogP contribution in [-0.4, -0.2) is 34.7 Å². The number of nitrogens with zero attached hydrogens (tertiary/aromatic N) is 3. The Hall–Kier alpha value is -3.10. The summed E-state index contributed by atoms with van der Waals surface area (Å²) in [6.45, 7) is 2.03. The number of aryl methyl sites for hydroxylation is 1. The second-order valence-electron chi connectivity index (χ2n) is 8.30. The number of pyridine rings is 1. The van der Waals surface area contributed by atoms with Crippen LogP contribution >= 0.6 is 23.2 Å². The average Bonchev–Trinajstić information content (AvgIpc) is 3.26. The molecule has 2 heterocycles. The molecule has 0 bridgehead atoms. The monoisotopic (exact) mass is 521 g/mol. The highest BCUT2D eigenvalue weighted by atomic mass is 35.5. The summed E-state index contributed by atoms with van der Waals surface area (Å²) < 4.78 is 42.7. The van der Waals surface area contributed by atoms with Crippen molar-refractivity contribution in [3.05, 3.63) is 98.8 Å². The van der Waals surface area contributed by atoms with Crippen molar-refractivity contribution in [1.29, 1.82) is 0 Å². The van der Waals surface area contributed by atoms with E-state index < -0.39 is 18.2 Å². The van der Waals surface area contributed by atoms with E-state index in [-0.39, 0.29) is 27.2 Å². The normalized spacial score (nSPS) is 17.6. The zero-order valence-corrected chi connectivity index (χ0v) is 20.2. The second-order valence-corrected chi connectivity index (χ2v) is 9.17. The summed E-state index contributed by atoms with van der Waals surface area (Å²) in [6.07, 6.45) is -3.71. The molecule has 35 heavy (non-hydrogen) atoms. The fraction of sp³-hybridized carbons (Fsp3) is 0.240. The van der Waals surface area contributed by atoms with E-state index >= 15 is 0 Å². The van der Waals surface area contributed by atoms with Crippen LogP contribution in [0.4, 0.5) is 13.2 Å². The molecule has 1 aromatic heterocycles. The Bertz CT molecular complexity index is 1280. The molecule has 0 fully saturated rings. The Morgan fingerprint density at radius 2 is 1.83 bits per heavy atom. The maximum atomic E-state index is 14.2. The lowest BCUT2D eigenvalue weighted by atomic mass is 9.86. The molecule has 2 aromatic carbocycles. The van der Waals surface area contributed by atoms with E-state index in [1.165, 1.54) is 23.1 Å². The first-order chi connectivity index (χ1) is 16.5. The van der Waals surface area contributed by atoms with Crippen molar-refractivity contribution in [3.8, 4) is 0 Å². The molecular formula is C25H20Cl2F3N3O2. The highest BCUT2D eigenvalue weighted by Gasteiger charge is 2.62. The predicted molar refractivity (Wildman–Crippen MR) is 128 cm³/mol. The molecule has 1 atom stereocenters. The van der Waals surface area contributed by atoms with Crippen LogP contribution < -0.4 is 0 Å². The number of benzene rings is 2. The highest BCUT2D eigenvalue weighted by Crippen LogP contribution is 2.49. The number of carbonyl (C=O) groups is 1. The topological polar surface area (TPSA) is 54.8 Å². The summed E-state index contributed by atoms with van der Waals surface area (Å²) >= 11 is 11.9. The van der Waals surface area contributed by atoms with Gasteiger partial charge in [-0.15, -0.1) is 0 Å². The number of halogens is 5. The van der Waals surface area contributed by atoms with Gasteiger partial charge >= 0.3 is 6.18 Å². The average molecular weight is 522 g/mol. The number of hydrogen-bond acceptors (Lipinski definition) is 4. The molecule has 0 spiro atoms. The fourth-order valence-corrected chi connectivity index (χ4v) is 4.47. The first-order valence-electron chi connectivity index (χ1n) is 10.5. The molecule has 1 unspecified atom stereocenters. The van der Waals surface area contributed by atoms with Gasteiger partial charge in [0.15, 0.2) is 0 Å². The van der Waals surface area contributed by atoms with E-state index in [0.29, 0.717) is 23.2 Å². The van der Waals surface area contributed by atoms with Crippen LogP contribution in [0.3, 0.4) is 0 Å². The largest absolute Gasteiger partial charge is 0.435 e. The minimum Gasteiger partial charge on any atom is -0.374 e. The van der Waals surface area contributed by atoms with Crippen LogP contribution in [0.2, 0.25) is 10.0 Å². The van der Waals surface area contributed by atoms with Crippen LogP contribution in [0.25, 0.3) is 0 Å². The van der Waals surface area contributed by atoms with E-state index in [9.17, 15) is 18.0 Å². The minimum atomic E-state index is -4.79. The van der Waals surface area contributed by atoms with Gasteiger partial charge in [-0.25, -0.2) is 0 Å². The summed E-state index contributed by atoms with van der Waals surface area (Å²) in [7, 11) is 1.66. The van der Waals surface area contributed by atoms with Crippen molar-refractivity contribution in [2.24, 2.45) is 5.16 Å². The second kappa shape index (κ2) is 9.51. The van der Waals surface area contributed by atoms with E-state index in [1.807, 2.05) is 12.1 Å². The number of aromatic nitrogens is 1. The maximum absolute atomic E-state index is 14.2. The van der Waals surface area contributed by atoms with Gasteiger partial charge in [0.25, 0.3) is 11.5 Å². The number of oxime groups is 1. The van der Waals surface area contributed by atoms with Gasteiger partial charge in [-0.2, -0.15) is 13.2 Å². The van der Waals surface area contributed by atoms with Crippen LogP contribution in [0.1, 0.15) is 39.2 Å². The van der Waals surface area contributed by atoms with E-state index in [4.69, 9.17) is 28.0 Å². The highest BCUT2D eigenvalue weighted by molar-refractivity contribution is 6.34. The Morgan fingerprint density at radius 3 is 2.43 bits per heavy atom. The van der Waals surface area contributed by atoms with Crippen molar-refractivity contribution >= 4 is 34.8 Å². The van der Waals surface area contributed by atoms with Crippen molar-refractivity contribution in [1.82, 2.24) is 9.88 Å². The molecule has 10 heteroatoms. The third-order valence-corrected chi connectivity index (χ3v) is 6.21. The van der Waals surface area contributed by atoms with Crippen molar-refractivity contribution in [2.45, 2.75) is 31.7 Å². The Labute approximate surface area is 210 Å². The van der Waals surface area contributed by atoms with Gasteiger partial charge in [-0.05, 0) is 60.5 Å². The number of alkyl halides is 3. The molecule has 1 aliphatic heterocycles. The van der Waals surface area contributed by atoms with Gasteiger partial charge < -0.3 is 9.74 Å². The molecule has 182 valence electrons. The lowest BCUT2D eigenvalue weighted by molar-refractivity contribution is -0.275. The smallest absolute Gasteiger partial charge is 0.374 e. The first-order valence-corrected chi connectivity index (χ1v) is 11.3. The maximum Gasteiger partial charge on any atom is 0.435 e. The number of rotatable bonds is 5. The summed E-state index contributed by atoms with van der Waals surface area (Å²) in [5.41, 5.74) is -0.676. The molecule has 0 aliphatic carbocycles. The van der Waals surface area contributed by atoms with Gasteiger partial charge in [0.2, 0.25) is 0 Å². The third kappa shape index (κ3) is 4.99. The van der Waals surface area contributed by atoms with Gasteiger partial charge in [0, 0.05) is 40.8 Å². The molecule has 0 saturated carbocycles. The number of amides is 1. The lowest BCUT2D eigenvalue weighted by Gasteiger charge is -2.29. The molecule has 1 amide bonds. The van der Waals surface area contributed by atoms with Gasteiger partial charge in [0.05, 0.1) is 18.0 Å². The standard InChI is InChI=1S/C25H20Cl2F3N3O2/c1-15-9-16(6-7-21(15)23(34)33(2)14-20-5-3-4-8-31-20)22-13-24(35-32-22,25(28,29)30)17-10-18(26)12-19(27)11-17/h3-12H,13-14H2,1-2H3. The predicted octanol–water partition coefficient (Wildman–Crippen LogP) is 6.55. The zero-order chi connectivity index (χ0) is 25.4. The summed E-state index contributed by atoms with van der Waals surface area (Å²) in [6, 6.07) is 13.9. The summed E-state index contributed by atoms with van der Waals surface area (Å²) in [5.74, 6) is -0.234. The quantitative estimate of drug-likeness (QED) is 0.382. The SMILES string of the molecule is Cc1cc(C2=NOC(c3cc(Cl)cc(Cl)c3)(C(F)(F)F)C2)ccc1C(=O)N(C)Cc1ccccn1. The van der Waals surface area contributed by atoms with E-state index in [2.05, 4.69) is 10.1 Å². The van der Waals surface area contributed by atoms with Gasteiger partial charge in [-0.1, -0.05) is 40.5 Å². The summed E-state index contributed by atoms with van der Waals surface area (Å²) in [4.78, 5) is 23.8. The molecular weight excluding hydrogens is 502 g/mol. The number of carbonyl (C=O) groups excluding carboxylic acids is 1. The molecule has 4 rings (SSSR count). The molecule has 0 radical (unpaired) electrons. The molecule has 5 nitrogen and oxygen atoms in total. The zero-order valence-electron chi connectivity index (χ0n) is 18.7. The minimum absolute atomic E-state index is 0.0571. The molecule has 3 aromatic rings. The molecule has 1 aliphatic rings. The number of hydrogen-bond donors (Lipinski definition) is 0. The Morgan fingerprint density at radius 1 is 1.11 bits per heavy atom. The third-order valence-electron chi connectivity index (χ3n) is 5.78. The lowest BCUT2D eigenvalue weighted by Crippen LogP contribution is -2.42. The van der Waals surface area contributed by atoms with Crippen LogP contribution in [-0.2, 0) is 17.0 Å². The Kier molecular flexibility index (Phi) is 6.79. The Balaban J connectivity index is 1.58. The van der Waals surface area contributed by atoms with E-state index in [0.717, 1.165) is 5.69 Å². The molecule has 0 saturated heterocycles. The van der Waals surface area contributed by atoms with Crippen LogP contribution in [0.5, 0.6) is 0 Å². The van der Waals surface area contributed by atoms with Gasteiger partial charge in [-0.3, -0.25) is 9.78 Å².